The molecule has 0 radical (unpaired) electrons. The molecule has 0 N–H and O–H groups in total. The van der Waals surface area contributed by atoms with Crippen LogP contribution in [-0.4, -0.2) is 33.6 Å². The van der Waals surface area contributed by atoms with Crippen LogP contribution in [-0.2, 0) is 6.54 Å². The third kappa shape index (κ3) is 3.32. The van der Waals surface area contributed by atoms with Crippen molar-refractivity contribution in [1.82, 2.24) is 14.5 Å². The van der Waals surface area contributed by atoms with Crippen LogP contribution in [0.25, 0.3) is 0 Å². The van der Waals surface area contributed by atoms with E-state index in [9.17, 15) is 0 Å². The van der Waals surface area contributed by atoms with Gasteiger partial charge in [-0.1, -0.05) is 0 Å². The molecule has 1 aliphatic heterocycles. The predicted molar refractivity (Wildman–Crippen MR) is 71.0 cm³/mol. The average Bonchev–Trinajstić information content (AvgIpc) is 2.73. The lowest BCUT2D eigenvalue weighted by atomic mass is 9.93. The van der Waals surface area contributed by atoms with Crippen LogP contribution in [0.15, 0.2) is 12.4 Å². The summed E-state index contributed by atoms with van der Waals surface area (Å²) in [6, 6.07) is 0.715. The van der Waals surface area contributed by atoms with Crippen LogP contribution in [0.1, 0.15) is 38.9 Å². The van der Waals surface area contributed by atoms with Crippen molar-refractivity contribution in [1.29, 1.82) is 0 Å². The van der Waals surface area contributed by atoms with Crippen LogP contribution < -0.4 is 0 Å². The summed E-state index contributed by atoms with van der Waals surface area (Å²) < 4.78 is 2.27. The van der Waals surface area contributed by atoms with Gasteiger partial charge in [-0.15, -0.1) is 0 Å². The first-order valence-electron chi connectivity index (χ1n) is 6.88. The first-order chi connectivity index (χ1) is 8.16. The van der Waals surface area contributed by atoms with E-state index in [0.29, 0.717) is 6.04 Å². The number of likely N-dealkylation sites (tertiary alicyclic amines) is 1. The standard InChI is InChI=1S/C14H25N3/c1-12(2)16-8-4-14(5-9-16)6-10-17-11-7-15-13(17)3/h7,11-12,14H,4-6,8-10H2,1-3H3. The van der Waals surface area contributed by atoms with Crippen molar-refractivity contribution in [2.45, 2.75) is 52.6 Å². The van der Waals surface area contributed by atoms with Crippen LogP contribution >= 0.6 is 0 Å². The summed E-state index contributed by atoms with van der Waals surface area (Å²) in [7, 11) is 0. The van der Waals surface area contributed by atoms with E-state index in [1.165, 1.54) is 32.4 Å². The molecule has 0 aliphatic carbocycles. The number of imidazole rings is 1. The zero-order valence-electron chi connectivity index (χ0n) is 11.4. The molecule has 1 aromatic heterocycles. The molecule has 1 saturated heterocycles. The Morgan fingerprint density at radius 2 is 2.06 bits per heavy atom. The van der Waals surface area contributed by atoms with E-state index in [1.807, 2.05) is 6.20 Å². The van der Waals surface area contributed by atoms with Gasteiger partial charge >= 0.3 is 0 Å². The number of rotatable bonds is 4. The average molecular weight is 235 g/mol. The highest BCUT2D eigenvalue weighted by Gasteiger charge is 2.20. The van der Waals surface area contributed by atoms with Crippen molar-refractivity contribution in [2.75, 3.05) is 13.1 Å². The largest absolute Gasteiger partial charge is 0.335 e. The topological polar surface area (TPSA) is 21.1 Å². The number of hydrogen-bond donors (Lipinski definition) is 0. The van der Waals surface area contributed by atoms with Crippen LogP contribution in [0, 0.1) is 12.8 Å². The Morgan fingerprint density at radius 3 is 2.59 bits per heavy atom. The third-order valence-electron chi connectivity index (χ3n) is 4.08. The molecule has 1 aliphatic rings. The van der Waals surface area contributed by atoms with E-state index in [0.717, 1.165) is 18.3 Å². The van der Waals surface area contributed by atoms with Crippen LogP contribution in [0.5, 0.6) is 0 Å². The van der Waals surface area contributed by atoms with E-state index in [4.69, 9.17) is 0 Å². The monoisotopic (exact) mass is 235 g/mol. The molecule has 0 bridgehead atoms. The van der Waals surface area contributed by atoms with E-state index < -0.39 is 0 Å². The maximum Gasteiger partial charge on any atom is 0.105 e. The Balaban J connectivity index is 1.74. The molecular formula is C14H25N3. The lowest BCUT2D eigenvalue weighted by molar-refractivity contribution is 0.143. The van der Waals surface area contributed by atoms with Crippen molar-refractivity contribution in [3.05, 3.63) is 18.2 Å². The van der Waals surface area contributed by atoms with E-state index in [2.05, 4.69) is 41.4 Å². The summed E-state index contributed by atoms with van der Waals surface area (Å²) >= 11 is 0. The van der Waals surface area contributed by atoms with Gasteiger partial charge in [0.2, 0.25) is 0 Å². The quantitative estimate of drug-likeness (QED) is 0.800. The molecule has 0 atom stereocenters. The highest BCUT2D eigenvalue weighted by atomic mass is 15.1. The lowest BCUT2D eigenvalue weighted by Crippen LogP contribution is -2.38. The summed E-state index contributed by atoms with van der Waals surface area (Å²) in [5.74, 6) is 2.05. The van der Waals surface area contributed by atoms with Gasteiger partial charge in [-0.3, -0.25) is 0 Å². The van der Waals surface area contributed by atoms with Crippen LogP contribution in [0.4, 0.5) is 0 Å². The first-order valence-corrected chi connectivity index (χ1v) is 6.88. The second-order valence-electron chi connectivity index (χ2n) is 5.53. The summed E-state index contributed by atoms with van der Waals surface area (Å²) in [5.41, 5.74) is 0. The Kier molecular flexibility index (Phi) is 4.21. The van der Waals surface area contributed by atoms with Crippen molar-refractivity contribution < 1.29 is 0 Å². The van der Waals surface area contributed by atoms with Gasteiger partial charge < -0.3 is 9.47 Å². The van der Waals surface area contributed by atoms with Gasteiger partial charge in [0, 0.05) is 25.0 Å². The van der Waals surface area contributed by atoms with E-state index >= 15 is 0 Å². The maximum atomic E-state index is 4.27. The normalized spacial score (nSPS) is 19.1. The highest BCUT2D eigenvalue weighted by molar-refractivity contribution is 4.88. The number of piperidine rings is 1. The number of aryl methyl sites for hydroxylation is 2. The molecule has 0 unspecified atom stereocenters. The summed E-state index contributed by atoms with van der Waals surface area (Å²) in [6.07, 6.45) is 8.04. The molecule has 3 heteroatoms. The van der Waals surface area contributed by atoms with Gasteiger partial charge in [-0.05, 0) is 59.0 Å². The van der Waals surface area contributed by atoms with Gasteiger partial charge in [0.05, 0.1) is 0 Å². The van der Waals surface area contributed by atoms with Crippen LogP contribution in [0.3, 0.4) is 0 Å². The lowest BCUT2D eigenvalue weighted by Gasteiger charge is -2.34. The number of nitrogens with zero attached hydrogens (tertiary/aromatic N) is 3. The summed E-state index contributed by atoms with van der Waals surface area (Å²) in [5, 5.41) is 0. The number of aromatic nitrogens is 2. The fourth-order valence-corrected chi connectivity index (χ4v) is 2.72. The molecule has 1 fully saturated rings. The molecule has 3 nitrogen and oxygen atoms in total. The van der Waals surface area contributed by atoms with Gasteiger partial charge in [-0.2, -0.15) is 0 Å². The second kappa shape index (κ2) is 5.67. The van der Waals surface area contributed by atoms with Crippen molar-refractivity contribution in [3.8, 4) is 0 Å². The smallest absolute Gasteiger partial charge is 0.105 e. The fourth-order valence-electron chi connectivity index (χ4n) is 2.72. The Morgan fingerprint density at radius 1 is 1.35 bits per heavy atom. The summed E-state index contributed by atoms with van der Waals surface area (Å²) in [6.45, 7) is 10.4. The minimum Gasteiger partial charge on any atom is -0.335 e. The van der Waals surface area contributed by atoms with Gasteiger partial charge in [0.15, 0.2) is 0 Å². The molecule has 0 saturated carbocycles. The first kappa shape index (κ1) is 12.6. The summed E-state index contributed by atoms with van der Waals surface area (Å²) in [4.78, 5) is 6.87. The third-order valence-corrected chi connectivity index (χ3v) is 4.08. The van der Waals surface area contributed by atoms with Gasteiger partial charge in [-0.25, -0.2) is 4.98 Å². The molecule has 2 rings (SSSR count). The molecule has 96 valence electrons. The Labute approximate surface area is 105 Å². The van der Waals surface area contributed by atoms with Crippen molar-refractivity contribution in [2.24, 2.45) is 5.92 Å². The van der Waals surface area contributed by atoms with Crippen molar-refractivity contribution in [3.63, 3.8) is 0 Å². The molecule has 17 heavy (non-hydrogen) atoms. The zero-order chi connectivity index (χ0) is 12.3. The molecule has 1 aromatic rings. The molecule has 0 aromatic carbocycles. The zero-order valence-corrected chi connectivity index (χ0v) is 11.4. The van der Waals surface area contributed by atoms with Gasteiger partial charge in [0.1, 0.15) is 5.82 Å². The maximum absolute atomic E-state index is 4.27. The Hall–Kier alpha value is -0.830. The van der Waals surface area contributed by atoms with E-state index in [1.54, 1.807) is 0 Å². The van der Waals surface area contributed by atoms with Crippen LogP contribution in [0.2, 0.25) is 0 Å². The fraction of sp³-hybridized carbons (Fsp3) is 0.786. The molecule has 2 heterocycles. The predicted octanol–water partition coefficient (Wildman–Crippen LogP) is 2.70. The SMILES string of the molecule is Cc1nccn1CCC1CCN(C(C)C)CC1. The minimum absolute atomic E-state index is 0.715. The minimum atomic E-state index is 0.715. The molecule has 0 spiro atoms. The number of hydrogen-bond acceptors (Lipinski definition) is 2. The highest BCUT2D eigenvalue weighted by Crippen LogP contribution is 2.22. The Bertz CT molecular complexity index is 335. The molecular weight excluding hydrogens is 210 g/mol. The van der Waals surface area contributed by atoms with E-state index in [-0.39, 0.29) is 0 Å². The molecule has 0 amide bonds. The second-order valence-corrected chi connectivity index (χ2v) is 5.53. The van der Waals surface area contributed by atoms with Crippen molar-refractivity contribution >= 4 is 0 Å². The van der Waals surface area contributed by atoms with Gasteiger partial charge in [0.25, 0.3) is 0 Å².